The third-order valence-corrected chi connectivity index (χ3v) is 3.26. The van der Waals surface area contributed by atoms with Crippen molar-refractivity contribution in [2.75, 3.05) is 16.4 Å². The van der Waals surface area contributed by atoms with Gasteiger partial charge in [0.25, 0.3) is 5.91 Å². The molecule has 0 aliphatic rings. The van der Waals surface area contributed by atoms with Crippen molar-refractivity contribution in [3.05, 3.63) is 78.6 Å². The number of amides is 1. The van der Waals surface area contributed by atoms with Crippen LogP contribution in [-0.2, 0) is 0 Å². The molecule has 0 aliphatic carbocycles. The van der Waals surface area contributed by atoms with Gasteiger partial charge < -0.3 is 16.4 Å². The number of anilines is 4. The fraction of sp³-hybridized carbons (Fsp3) is 0. The van der Waals surface area contributed by atoms with Crippen LogP contribution in [0.25, 0.3) is 0 Å². The minimum Gasteiger partial charge on any atom is -0.399 e. The van der Waals surface area contributed by atoms with Gasteiger partial charge in [-0.05, 0) is 54.6 Å². The second-order valence-electron chi connectivity index (χ2n) is 5.02. The Bertz CT molecular complexity index is 801. The molecule has 0 fully saturated rings. The second kappa shape index (κ2) is 6.62. The van der Waals surface area contributed by atoms with E-state index in [1.165, 1.54) is 0 Å². The van der Waals surface area contributed by atoms with Gasteiger partial charge in [-0.15, -0.1) is 0 Å². The highest BCUT2D eigenvalue weighted by molar-refractivity contribution is 6.04. The van der Waals surface area contributed by atoms with Gasteiger partial charge in [0.05, 0.1) is 0 Å². The van der Waals surface area contributed by atoms with Crippen LogP contribution in [0.2, 0.25) is 0 Å². The van der Waals surface area contributed by atoms with Crippen molar-refractivity contribution in [3.8, 4) is 0 Å². The lowest BCUT2D eigenvalue weighted by Crippen LogP contribution is -2.11. The first-order chi connectivity index (χ1) is 11.2. The molecule has 0 radical (unpaired) electrons. The SMILES string of the molecule is Nc1ccc(C(=O)Nc2cccc(Nc3ccncc3)c2)cc1. The lowest BCUT2D eigenvalue weighted by molar-refractivity contribution is 0.102. The predicted molar refractivity (Wildman–Crippen MR) is 92.8 cm³/mol. The van der Waals surface area contributed by atoms with Crippen molar-refractivity contribution in [2.24, 2.45) is 0 Å². The summed E-state index contributed by atoms with van der Waals surface area (Å²) >= 11 is 0. The first kappa shape index (κ1) is 14.6. The maximum Gasteiger partial charge on any atom is 0.255 e. The van der Waals surface area contributed by atoms with Crippen molar-refractivity contribution in [1.29, 1.82) is 0 Å². The molecule has 0 unspecified atom stereocenters. The minimum absolute atomic E-state index is 0.175. The van der Waals surface area contributed by atoms with E-state index < -0.39 is 0 Å². The molecule has 1 aromatic heterocycles. The Morgan fingerprint density at radius 2 is 1.57 bits per heavy atom. The van der Waals surface area contributed by atoms with Crippen LogP contribution in [0.15, 0.2) is 73.1 Å². The number of rotatable bonds is 4. The molecule has 3 aromatic rings. The number of nitrogens with two attached hydrogens (primary N) is 1. The number of carbonyl (C=O) groups is 1. The topological polar surface area (TPSA) is 80.0 Å². The zero-order valence-corrected chi connectivity index (χ0v) is 12.4. The highest BCUT2D eigenvalue weighted by Crippen LogP contribution is 2.20. The molecular formula is C18H16N4O. The van der Waals surface area contributed by atoms with Crippen molar-refractivity contribution in [1.82, 2.24) is 4.98 Å². The molecule has 2 aromatic carbocycles. The Balaban J connectivity index is 1.72. The quantitative estimate of drug-likeness (QED) is 0.643. The number of pyridine rings is 1. The maximum absolute atomic E-state index is 12.2. The molecule has 23 heavy (non-hydrogen) atoms. The Morgan fingerprint density at radius 3 is 2.30 bits per heavy atom. The maximum atomic E-state index is 12.2. The van der Waals surface area contributed by atoms with Gasteiger partial charge in [0.2, 0.25) is 0 Å². The molecule has 1 amide bonds. The number of nitrogens with one attached hydrogen (secondary N) is 2. The summed E-state index contributed by atoms with van der Waals surface area (Å²) in [6.45, 7) is 0. The Hall–Kier alpha value is -3.34. The van der Waals surface area contributed by atoms with Crippen molar-refractivity contribution < 1.29 is 4.79 Å². The fourth-order valence-corrected chi connectivity index (χ4v) is 2.11. The summed E-state index contributed by atoms with van der Waals surface area (Å²) < 4.78 is 0. The van der Waals surface area contributed by atoms with Gasteiger partial charge in [-0.2, -0.15) is 0 Å². The van der Waals surface area contributed by atoms with Gasteiger partial charge in [-0.3, -0.25) is 9.78 Å². The van der Waals surface area contributed by atoms with Crippen LogP contribution < -0.4 is 16.4 Å². The number of aromatic nitrogens is 1. The molecule has 0 saturated heterocycles. The molecule has 0 bridgehead atoms. The molecule has 5 nitrogen and oxygen atoms in total. The van der Waals surface area contributed by atoms with Crippen LogP contribution in [-0.4, -0.2) is 10.9 Å². The monoisotopic (exact) mass is 304 g/mol. The van der Waals surface area contributed by atoms with Crippen LogP contribution in [0.1, 0.15) is 10.4 Å². The summed E-state index contributed by atoms with van der Waals surface area (Å²) in [7, 11) is 0. The molecule has 4 N–H and O–H groups in total. The van der Waals surface area contributed by atoms with Gasteiger partial charge in [-0.25, -0.2) is 0 Å². The standard InChI is InChI=1S/C18H16N4O/c19-14-6-4-13(5-7-14)18(23)22-17-3-1-2-16(12-17)21-15-8-10-20-11-9-15/h1-12H,19H2,(H,20,21)(H,22,23). The summed E-state index contributed by atoms with van der Waals surface area (Å²) in [5.41, 5.74) is 9.35. The summed E-state index contributed by atoms with van der Waals surface area (Å²) in [5, 5.41) is 6.13. The Morgan fingerprint density at radius 1 is 0.870 bits per heavy atom. The van der Waals surface area contributed by atoms with E-state index in [9.17, 15) is 4.79 Å². The summed E-state index contributed by atoms with van der Waals surface area (Å²) in [5.74, 6) is -0.175. The lowest BCUT2D eigenvalue weighted by atomic mass is 10.2. The Kier molecular flexibility index (Phi) is 4.20. The fourth-order valence-electron chi connectivity index (χ4n) is 2.11. The van der Waals surface area contributed by atoms with Crippen LogP contribution in [0.3, 0.4) is 0 Å². The average Bonchev–Trinajstić information content (AvgIpc) is 2.57. The van der Waals surface area contributed by atoms with Gasteiger partial charge >= 0.3 is 0 Å². The van der Waals surface area contributed by atoms with Gasteiger partial charge in [0, 0.05) is 40.7 Å². The summed E-state index contributed by atoms with van der Waals surface area (Å²) in [6, 6.07) is 18.1. The lowest BCUT2D eigenvalue weighted by Gasteiger charge is -2.09. The van der Waals surface area contributed by atoms with Crippen LogP contribution >= 0.6 is 0 Å². The zero-order valence-electron chi connectivity index (χ0n) is 12.4. The van der Waals surface area contributed by atoms with E-state index in [1.807, 2.05) is 36.4 Å². The number of nitrogens with zero attached hydrogens (tertiary/aromatic N) is 1. The van der Waals surface area contributed by atoms with E-state index in [4.69, 9.17) is 5.73 Å². The van der Waals surface area contributed by atoms with E-state index in [2.05, 4.69) is 15.6 Å². The third-order valence-electron chi connectivity index (χ3n) is 3.26. The molecule has 0 atom stereocenters. The normalized spacial score (nSPS) is 10.1. The molecule has 0 aliphatic heterocycles. The van der Waals surface area contributed by atoms with Gasteiger partial charge in [-0.1, -0.05) is 6.07 Å². The van der Waals surface area contributed by atoms with Crippen LogP contribution in [0, 0.1) is 0 Å². The van der Waals surface area contributed by atoms with E-state index >= 15 is 0 Å². The average molecular weight is 304 g/mol. The van der Waals surface area contributed by atoms with Gasteiger partial charge in [0.1, 0.15) is 0 Å². The molecule has 5 heteroatoms. The summed E-state index contributed by atoms with van der Waals surface area (Å²) in [6.07, 6.45) is 3.43. The number of nitrogen functional groups attached to an aromatic ring is 1. The molecule has 1 heterocycles. The molecule has 114 valence electrons. The third kappa shape index (κ3) is 3.85. The molecule has 3 rings (SSSR count). The number of hydrogen-bond acceptors (Lipinski definition) is 4. The van der Waals surface area contributed by atoms with E-state index in [-0.39, 0.29) is 5.91 Å². The van der Waals surface area contributed by atoms with Gasteiger partial charge in [0.15, 0.2) is 0 Å². The minimum atomic E-state index is -0.175. The van der Waals surface area contributed by atoms with E-state index in [1.54, 1.807) is 36.7 Å². The molecule has 0 spiro atoms. The van der Waals surface area contributed by atoms with Crippen molar-refractivity contribution in [2.45, 2.75) is 0 Å². The second-order valence-corrected chi connectivity index (χ2v) is 5.02. The smallest absolute Gasteiger partial charge is 0.255 e. The highest BCUT2D eigenvalue weighted by Gasteiger charge is 2.06. The van der Waals surface area contributed by atoms with Crippen LogP contribution in [0.4, 0.5) is 22.7 Å². The first-order valence-electron chi connectivity index (χ1n) is 7.15. The Labute approximate surface area is 134 Å². The van der Waals surface area contributed by atoms with E-state index in [0.717, 1.165) is 11.4 Å². The summed E-state index contributed by atoms with van der Waals surface area (Å²) in [4.78, 5) is 16.2. The van der Waals surface area contributed by atoms with Crippen molar-refractivity contribution >= 4 is 28.7 Å². The molecular weight excluding hydrogens is 288 g/mol. The van der Waals surface area contributed by atoms with Crippen LogP contribution in [0.5, 0.6) is 0 Å². The first-order valence-corrected chi connectivity index (χ1v) is 7.15. The number of hydrogen-bond donors (Lipinski definition) is 3. The van der Waals surface area contributed by atoms with Crippen molar-refractivity contribution in [3.63, 3.8) is 0 Å². The largest absolute Gasteiger partial charge is 0.399 e. The zero-order chi connectivity index (χ0) is 16.1. The molecule has 0 saturated carbocycles. The van der Waals surface area contributed by atoms with E-state index in [0.29, 0.717) is 16.9 Å². The number of carbonyl (C=O) groups excluding carboxylic acids is 1. The highest BCUT2D eigenvalue weighted by atomic mass is 16.1. The predicted octanol–water partition coefficient (Wildman–Crippen LogP) is 3.66. The number of benzene rings is 2.